The van der Waals surface area contributed by atoms with Crippen molar-refractivity contribution in [2.75, 3.05) is 0 Å². The average Bonchev–Trinajstić information content (AvgIpc) is 2.39. The van der Waals surface area contributed by atoms with Crippen LogP contribution in [0.5, 0.6) is 5.75 Å². The van der Waals surface area contributed by atoms with E-state index in [1.54, 1.807) is 0 Å². The summed E-state index contributed by atoms with van der Waals surface area (Å²) < 4.78 is 6.25. The molecule has 1 aromatic carbocycles. The molecule has 1 saturated carbocycles. The van der Waals surface area contributed by atoms with Crippen LogP contribution in [-0.4, -0.2) is 11.1 Å². The summed E-state index contributed by atoms with van der Waals surface area (Å²) in [7, 11) is 0. The molecule has 0 radical (unpaired) electrons. The molecule has 1 aromatic rings. The van der Waals surface area contributed by atoms with Crippen molar-refractivity contribution < 1.29 is 4.74 Å². The molecule has 0 bridgehead atoms. The van der Waals surface area contributed by atoms with Gasteiger partial charge in [0.1, 0.15) is 16.8 Å². The molecular formula is C17H25NOS. The van der Waals surface area contributed by atoms with Crippen LogP contribution < -0.4 is 10.5 Å². The predicted molar refractivity (Wildman–Crippen MR) is 88.1 cm³/mol. The van der Waals surface area contributed by atoms with E-state index in [4.69, 9.17) is 22.7 Å². The van der Waals surface area contributed by atoms with E-state index >= 15 is 0 Å². The predicted octanol–water partition coefficient (Wildman–Crippen LogP) is 4.16. The van der Waals surface area contributed by atoms with E-state index in [-0.39, 0.29) is 0 Å². The topological polar surface area (TPSA) is 35.2 Å². The Bertz CT molecular complexity index is 455. The van der Waals surface area contributed by atoms with Crippen LogP contribution in [-0.2, 0) is 0 Å². The molecule has 0 saturated heterocycles. The van der Waals surface area contributed by atoms with Crippen LogP contribution in [0.1, 0.15) is 45.6 Å². The third-order valence-corrected chi connectivity index (χ3v) is 4.62. The molecule has 110 valence electrons. The molecule has 3 unspecified atom stereocenters. The van der Waals surface area contributed by atoms with E-state index in [0.717, 1.165) is 23.7 Å². The van der Waals surface area contributed by atoms with Gasteiger partial charge in [0.15, 0.2) is 0 Å². The first-order chi connectivity index (χ1) is 9.47. The molecule has 2 nitrogen and oxygen atoms in total. The second-order valence-corrected chi connectivity index (χ2v) is 6.81. The van der Waals surface area contributed by atoms with Crippen molar-refractivity contribution in [1.82, 2.24) is 0 Å². The molecule has 0 aromatic heterocycles. The van der Waals surface area contributed by atoms with Gasteiger partial charge in [-0.05, 0) is 54.9 Å². The summed E-state index contributed by atoms with van der Waals surface area (Å²) in [5, 5.41) is 0. The molecule has 0 amide bonds. The second kappa shape index (κ2) is 6.57. The zero-order valence-electron chi connectivity index (χ0n) is 12.6. The Labute approximate surface area is 127 Å². The number of rotatable bonds is 4. The molecule has 3 heteroatoms. The van der Waals surface area contributed by atoms with Gasteiger partial charge in [0.25, 0.3) is 0 Å². The SMILES string of the molecule is CC1CCC(C(C)C)C(Oc2ccc(C(N)=S)cc2)C1. The number of hydrogen-bond donors (Lipinski definition) is 1. The number of benzene rings is 1. The quantitative estimate of drug-likeness (QED) is 0.846. The molecule has 2 rings (SSSR count). The van der Waals surface area contributed by atoms with E-state index in [1.807, 2.05) is 24.3 Å². The van der Waals surface area contributed by atoms with Gasteiger partial charge in [-0.3, -0.25) is 0 Å². The van der Waals surface area contributed by atoms with Gasteiger partial charge in [-0.2, -0.15) is 0 Å². The van der Waals surface area contributed by atoms with Crippen LogP contribution in [0.25, 0.3) is 0 Å². The Morgan fingerprint density at radius 1 is 1.25 bits per heavy atom. The summed E-state index contributed by atoms with van der Waals surface area (Å²) in [4.78, 5) is 0.433. The maximum atomic E-state index is 6.25. The summed E-state index contributed by atoms with van der Waals surface area (Å²) in [6.07, 6.45) is 4.08. The molecule has 2 N–H and O–H groups in total. The Morgan fingerprint density at radius 3 is 2.45 bits per heavy atom. The maximum Gasteiger partial charge on any atom is 0.119 e. The van der Waals surface area contributed by atoms with Gasteiger partial charge in [-0.1, -0.05) is 39.4 Å². The van der Waals surface area contributed by atoms with Gasteiger partial charge in [-0.15, -0.1) is 0 Å². The molecule has 0 aliphatic heterocycles. The number of thiocarbonyl (C=S) groups is 1. The van der Waals surface area contributed by atoms with Crippen LogP contribution in [0.15, 0.2) is 24.3 Å². The van der Waals surface area contributed by atoms with Gasteiger partial charge in [0.05, 0.1) is 0 Å². The molecule has 3 atom stereocenters. The third kappa shape index (κ3) is 3.72. The highest BCUT2D eigenvalue weighted by Gasteiger charge is 2.32. The first-order valence-corrected chi connectivity index (χ1v) is 7.94. The molecule has 1 aliphatic rings. The Kier molecular flexibility index (Phi) is 5.03. The van der Waals surface area contributed by atoms with Crippen LogP contribution in [0.2, 0.25) is 0 Å². The second-order valence-electron chi connectivity index (χ2n) is 6.37. The highest BCUT2D eigenvalue weighted by molar-refractivity contribution is 7.80. The third-order valence-electron chi connectivity index (χ3n) is 4.39. The van der Waals surface area contributed by atoms with Gasteiger partial charge < -0.3 is 10.5 Å². The van der Waals surface area contributed by atoms with E-state index in [1.165, 1.54) is 12.8 Å². The minimum atomic E-state index is 0.328. The summed E-state index contributed by atoms with van der Waals surface area (Å²) in [5.41, 5.74) is 6.51. The van der Waals surface area contributed by atoms with E-state index in [2.05, 4.69) is 20.8 Å². The van der Waals surface area contributed by atoms with E-state index in [9.17, 15) is 0 Å². The molecular weight excluding hydrogens is 266 g/mol. The van der Waals surface area contributed by atoms with Crippen LogP contribution in [0.3, 0.4) is 0 Å². The zero-order valence-corrected chi connectivity index (χ0v) is 13.5. The first-order valence-electron chi connectivity index (χ1n) is 7.54. The van der Waals surface area contributed by atoms with Gasteiger partial charge in [0.2, 0.25) is 0 Å². The lowest BCUT2D eigenvalue weighted by Crippen LogP contribution is -2.36. The number of hydrogen-bond acceptors (Lipinski definition) is 2. The lowest BCUT2D eigenvalue weighted by Gasteiger charge is -2.37. The first kappa shape index (κ1) is 15.3. The average molecular weight is 291 g/mol. The van der Waals surface area contributed by atoms with E-state index < -0.39 is 0 Å². The monoisotopic (exact) mass is 291 g/mol. The summed E-state index contributed by atoms with van der Waals surface area (Å²) in [6, 6.07) is 7.83. The molecule has 1 fully saturated rings. The Balaban J connectivity index is 2.07. The van der Waals surface area contributed by atoms with E-state index in [0.29, 0.717) is 22.9 Å². The van der Waals surface area contributed by atoms with Crippen molar-refractivity contribution in [3.63, 3.8) is 0 Å². The van der Waals surface area contributed by atoms with Gasteiger partial charge in [-0.25, -0.2) is 0 Å². The highest BCUT2D eigenvalue weighted by atomic mass is 32.1. The largest absolute Gasteiger partial charge is 0.490 e. The normalized spacial score (nSPS) is 26.5. The standard InChI is InChI=1S/C17H25NOS/c1-11(2)15-9-4-12(3)10-16(15)19-14-7-5-13(6-8-14)17(18)20/h5-8,11-12,15-16H,4,9-10H2,1-3H3,(H2,18,20). The van der Waals surface area contributed by atoms with Crippen molar-refractivity contribution in [3.05, 3.63) is 29.8 Å². The van der Waals surface area contributed by atoms with Crippen LogP contribution in [0.4, 0.5) is 0 Å². The van der Waals surface area contributed by atoms with Crippen molar-refractivity contribution in [1.29, 1.82) is 0 Å². The van der Waals surface area contributed by atoms with Gasteiger partial charge in [0, 0.05) is 5.56 Å². The fraction of sp³-hybridized carbons (Fsp3) is 0.588. The van der Waals surface area contributed by atoms with Crippen LogP contribution in [0, 0.1) is 17.8 Å². The van der Waals surface area contributed by atoms with Crippen molar-refractivity contribution >= 4 is 17.2 Å². The summed E-state index contributed by atoms with van der Waals surface area (Å²) in [5.74, 6) is 3.01. The van der Waals surface area contributed by atoms with Crippen LogP contribution >= 0.6 is 12.2 Å². The van der Waals surface area contributed by atoms with Crippen molar-refractivity contribution in [2.24, 2.45) is 23.5 Å². The summed E-state index contributed by atoms with van der Waals surface area (Å²) >= 11 is 4.97. The molecule has 1 aliphatic carbocycles. The minimum Gasteiger partial charge on any atom is -0.490 e. The molecule has 0 spiro atoms. The highest BCUT2D eigenvalue weighted by Crippen LogP contribution is 2.35. The minimum absolute atomic E-state index is 0.328. The fourth-order valence-corrected chi connectivity index (χ4v) is 3.26. The summed E-state index contributed by atoms with van der Waals surface area (Å²) in [6.45, 7) is 6.92. The van der Waals surface area contributed by atoms with Crippen molar-refractivity contribution in [2.45, 2.75) is 46.1 Å². The lowest BCUT2D eigenvalue weighted by atomic mass is 9.75. The Hall–Kier alpha value is -1.09. The zero-order chi connectivity index (χ0) is 14.7. The van der Waals surface area contributed by atoms with Crippen molar-refractivity contribution in [3.8, 4) is 5.75 Å². The fourth-order valence-electron chi connectivity index (χ4n) is 3.12. The molecule has 0 heterocycles. The lowest BCUT2D eigenvalue weighted by molar-refractivity contribution is 0.0460. The number of nitrogens with two attached hydrogens (primary N) is 1. The smallest absolute Gasteiger partial charge is 0.119 e. The number of ether oxygens (including phenoxy) is 1. The van der Waals surface area contributed by atoms with Gasteiger partial charge >= 0.3 is 0 Å². The Morgan fingerprint density at radius 2 is 1.90 bits per heavy atom. The molecule has 20 heavy (non-hydrogen) atoms. The maximum absolute atomic E-state index is 6.25.